The Morgan fingerprint density at radius 1 is 1.43 bits per heavy atom. The zero-order valence-electron chi connectivity index (χ0n) is 10.8. The van der Waals surface area contributed by atoms with Crippen molar-refractivity contribution in [2.45, 2.75) is 28.8 Å². The third-order valence-electron chi connectivity index (χ3n) is 3.16. The monoisotopic (exact) mass is 306 g/mol. The molecule has 0 atom stereocenters. The van der Waals surface area contributed by atoms with Gasteiger partial charge in [0.05, 0.1) is 10.5 Å². The van der Waals surface area contributed by atoms with Crippen molar-refractivity contribution in [1.82, 2.24) is 9.55 Å². The summed E-state index contributed by atoms with van der Waals surface area (Å²) < 4.78 is 15.4. The number of carbonyl (C=O) groups is 1. The van der Waals surface area contributed by atoms with Crippen LogP contribution >= 0.6 is 11.8 Å². The van der Waals surface area contributed by atoms with Gasteiger partial charge >= 0.3 is 5.97 Å². The Kier molecular flexibility index (Phi) is 3.50. The van der Waals surface area contributed by atoms with Gasteiger partial charge in [0, 0.05) is 18.4 Å². The van der Waals surface area contributed by atoms with Crippen molar-refractivity contribution >= 4 is 17.7 Å². The number of aromatic nitrogens is 2. The first kappa shape index (κ1) is 13.8. The number of benzene rings is 1. The summed E-state index contributed by atoms with van der Waals surface area (Å²) in [6.07, 6.45) is 5.03. The van der Waals surface area contributed by atoms with Crippen LogP contribution in [0.4, 0.5) is 4.39 Å². The topological polar surface area (TPSA) is 72.2 Å². The smallest absolute Gasteiger partial charge is 0.335 e. The second kappa shape index (κ2) is 5.33. The Hall–Kier alpha value is -2.15. The van der Waals surface area contributed by atoms with Crippen molar-refractivity contribution in [3.63, 3.8) is 0 Å². The lowest BCUT2D eigenvalue weighted by molar-refractivity contribution is 0.0696. The van der Waals surface area contributed by atoms with E-state index in [1.807, 2.05) is 0 Å². The molecule has 0 radical (unpaired) electrons. The molecule has 1 aromatic carbocycles. The van der Waals surface area contributed by atoms with Gasteiger partial charge in [0.1, 0.15) is 5.82 Å². The number of rotatable bonds is 4. The SMILES string of the molecule is O=C(O)c1ccc(F)c(Sc2nccn(C3CC3)c2=O)c1. The third-order valence-corrected chi connectivity index (χ3v) is 4.17. The molecular formula is C14H11FN2O3S. The molecule has 0 unspecified atom stereocenters. The van der Waals surface area contributed by atoms with Crippen LogP contribution in [0.2, 0.25) is 0 Å². The van der Waals surface area contributed by atoms with Crippen LogP contribution in [0.5, 0.6) is 0 Å². The van der Waals surface area contributed by atoms with Crippen molar-refractivity contribution in [3.8, 4) is 0 Å². The van der Waals surface area contributed by atoms with Crippen molar-refractivity contribution in [3.05, 3.63) is 52.3 Å². The fourth-order valence-corrected chi connectivity index (χ4v) is 2.80. The standard InChI is InChI=1S/C14H11FN2O3S/c15-10-4-1-8(14(19)20)7-11(10)21-12-13(18)17(6-5-16-12)9-2-3-9/h1,4-7,9H,2-3H2,(H,19,20). The summed E-state index contributed by atoms with van der Waals surface area (Å²) in [5.41, 5.74) is -0.303. The highest BCUT2D eigenvalue weighted by molar-refractivity contribution is 7.99. The Bertz CT molecular complexity index is 771. The number of hydrogen-bond acceptors (Lipinski definition) is 4. The lowest BCUT2D eigenvalue weighted by atomic mass is 10.2. The normalized spacial score (nSPS) is 14.1. The maximum absolute atomic E-state index is 13.8. The van der Waals surface area contributed by atoms with Crippen LogP contribution in [-0.4, -0.2) is 20.6 Å². The van der Waals surface area contributed by atoms with Crippen LogP contribution in [0.3, 0.4) is 0 Å². The fourth-order valence-electron chi connectivity index (χ4n) is 1.94. The molecule has 21 heavy (non-hydrogen) atoms. The van der Waals surface area contributed by atoms with Crippen molar-refractivity contribution in [2.75, 3.05) is 0 Å². The Morgan fingerprint density at radius 3 is 2.86 bits per heavy atom. The van der Waals surface area contributed by atoms with E-state index < -0.39 is 11.8 Å². The highest BCUT2D eigenvalue weighted by Crippen LogP contribution is 2.34. The van der Waals surface area contributed by atoms with Gasteiger partial charge in [0.25, 0.3) is 5.56 Å². The molecule has 1 N–H and O–H groups in total. The summed E-state index contributed by atoms with van der Waals surface area (Å²) in [4.78, 5) is 27.2. The molecule has 108 valence electrons. The molecule has 0 spiro atoms. The summed E-state index contributed by atoms with van der Waals surface area (Å²) in [5.74, 6) is -1.72. The van der Waals surface area contributed by atoms with E-state index in [0.29, 0.717) is 0 Å². The van der Waals surface area contributed by atoms with E-state index in [0.717, 1.165) is 30.7 Å². The van der Waals surface area contributed by atoms with Gasteiger partial charge in [-0.05, 0) is 31.0 Å². The third kappa shape index (κ3) is 2.82. The van der Waals surface area contributed by atoms with Gasteiger partial charge < -0.3 is 9.67 Å². The maximum atomic E-state index is 13.8. The number of nitrogens with zero attached hydrogens (tertiary/aromatic N) is 2. The lowest BCUT2D eigenvalue weighted by Crippen LogP contribution is -2.20. The van der Waals surface area contributed by atoms with Crippen LogP contribution in [0, 0.1) is 5.82 Å². The first-order chi connectivity index (χ1) is 10.1. The molecule has 1 aromatic heterocycles. The van der Waals surface area contributed by atoms with Crippen molar-refractivity contribution < 1.29 is 14.3 Å². The van der Waals surface area contributed by atoms with E-state index in [2.05, 4.69) is 4.98 Å². The molecule has 1 heterocycles. The molecule has 0 aliphatic heterocycles. The van der Waals surface area contributed by atoms with E-state index in [1.54, 1.807) is 10.8 Å². The molecule has 1 fully saturated rings. The zero-order chi connectivity index (χ0) is 15.0. The number of halogens is 1. The van der Waals surface area contributed by atoms with Crippen LogP contribution in [0.25, 0.3) is 0 Å². The van der Waals surface area contributed by atoms with Gasteiger partial charge in [-0.15, -0.1) is 0 Å². The van der Waals surface area contributed by atoms with Crippen LogP contribution in [0.1, 0.15) is 29.2 Å². The molecule has 7 heteroatoms. The minimum absolute atomic E-state index is 0.0302. The Morgan fingerprint density at radius 2 is 2.19 bits per heavy atom. The average molecular weight is 306 g/mol. The molecule has 2 aromatic rings. The van der Waals surface area contributed by atoms with E-state index >= 15 is 0 Å². The largest absolute Gasteiger partial charge is 0.478 e. The summed E-state index contributed by atoms with van der Waals surface area (Å²) >= 11 is 0.849. The second-order valence-electron chi connectivity index (χ2n) is 4.73. The molecule has 1 aliphatic rings. The lowest BCUT2D eigenvalue weighted by Gasteiger charge is -2.06. The van der Waals surface area contributed by atoms with Crippen LogP contribution in [0.15, 0.2) is 45.3 Å². The number of aromatic carboxylic acids is 1. The average Bonchev–Trinajstić information content (AvgIpc) is 3.27. The van der Waals surface area contributed by atoms with Gasteiger partial charge in [-0.3, -0.25) is 4.79 Å². The van der Waals surface area contributed by atoms with Crippen LogP contribution < -0.4 is 5.56 Å². The molecule has 0 amide bonds. The number of carboxylic acids is 1. The minimum atomic E-state index is -1.15. The van der Waals surface area contributed by atoms with E-state index in [1.165, 1.54) is 18.3 Å². The quantitative estimate of drug-likeness (QED) is 0.940. The molecule has 1 saturated carbocycles. The van der Waals surface area contributed by atoms with E-state index in [4.69, 9.17) is 5.11 Å². The molecule has 0 bridgehead atoms. The number of carboxylic acid groups (broad SMARTS) is 1. The highest BCUT2D eigenvalue weighted by Gasteiger charge is 2.25. The first-order valence-electron chi connectivity index (χ1n) is 6.34. The fraction of sp³-hybridized carbons (Fsp3) is 0.214. The zero-order valence-corrected chi connectivity index (χ0v) is 11.6. The molecule has 5 nitrogen and oxygen atoms in total. The van der Waals surface area contributed by atoms with Gasteiger partial charge in [-0.2, -0.15) is 0 Å². The summed E-state index contributed by atoms with van der Waals surface area (Å²) in [6, 6.07) is 3.67. The molecule has 3 rings (SSSR count). The van der Waals surface area contributed by atoms with Gasteiger partial charge in [0.15, 0.2) is 5.03 Å². The Labute approximate surface area is 123 Å². The molecule has 1 aliphatic carbocycles. The minimum Gasteiger partial charge on any atom is -0.478 e. The molecular weight excluding hydrogens is 295 g/mol. The maximum Gasteiger partial charge on any atom is 0.335 e. The summed E-state index contributed by atoms with van der Waals surface area (Å²) in [6.45, 7) is 0. The van der Waals surface area contributed by atoms with Crippen molar-refractivity contribution in [1.29, 1.82) is 0 Å². The summed E-state index contributed by atoms with van der Waals surface area (Å²) in [5, 5.41) is 9.08. The number of hydrogen-bond donors (Lipinski definition) is 1. The van der Waals surface area contributed by atoms with Gasteiger partial charge in [-0.25, -0.2) is 14.2 Å². The Balaban J connectivity index is 1.97. The van der Waals surface area contributed by atoms with E-state index in [9.17, 15) is 14.0 Å². The van der Waals surface area contributed by atoms with Gasteiger partial charge in [0.2, 0.25) is 0 Å². The predicted molar refractivity (Wildman–Crippen MR) is 74.3 cm³/mol. The van der Waals surface area contributed by atoms with Crippen LogP contribution in [-0.2, 0) is 0 Å². The predicted octanol–water partition coefficient (Wildman–Crippen LogP) is 2.57. The second-order valence-corrected chi connectivity index (χ2v) is 5.76. The highest BCUT2D eigenvalue weighted by atomic mass is 32.2. The van der Waals surface area contributed by atoms with E-state index in [-0.39, 0.29) is 27.1 Å². The first-order valence-corrected chi connectivity index (χ1v) is 7.16. The summed E-state index contributed by atoms with van der Waals surface area (Å²) in [7, 11) is 0. The van der Waals surface area contributed by atoms with Gasteiger partial charge in [-0.1, -0.05) is 11.8 Å². The molecule has 0 saturated heterocycles. The van der Waals surface area contributed by atoms with Crippen molar-refractivity contribution in [2.24, 2.45) is 0 Å².